The van der Waals surface area contributed by atoms with E-state index in [0.29, 0.717) is 12.0 Å². The van der Waals surface area contributed by atoms with Crippen LogP contribution in [0, 0.1) is 5.92 Å². The van der Waals surface area contributed by atoms with Gasteiger partial charge in [0.05, 0.1) is 6.54 Å². The van der Waals surface area contributed by atoms with E-state index in [1.54, 1.807) is 6.20 Å². The minimum Gasteiger partial charge on any atom is -0.481 e. The molecule has 1 aromatic rings. The number of likely N-dealkylation sites (N-methyl/N-ethyl adjacent to an activating group) is 1. The summed E-state index contributed by atoms with van der Waals surface area (Å²) in [7, 11) is 2.17. The SMILES string of the molecule is CN1CCN([C@@H]2CCN(Cc3ncc[nH]3)C[C@@H]2CCC(=O)O)CC1. The number of carbonyl (C=O) groups is 1. The van der Waals surface area contributed by atoms with Gasteiger partial charge >= 0.3 is 5.97 Å². The third kappa shape index (κ3) is 4.55. The molecule has 0 aliphatic carbocycles. The van der Waals surface area contributed by atoms with Crippen molar-refractivity contribution in [2.75, 3.05) is 46.3 Å². The highest BCUT2D eigenvalue weighted by Gasteiger charge is 2.34. The fraction of sp³-hybridized carbons (Fsp3) is 0.765. The number of nitrogens with zero attached hydrogens (tertiary/aromatic N) is 4. The molecule has 0 aromatic carbocycles. The Morgan fingerprint density at radius 3 is 2.79 bits per heavy atom. The third-order valence-electron chi connectivity index (χ3n) is 5.44. The van der Waals surface area contributed by atoms with Crippen molar-refractivity contribution in [2.45, 2.75) is 31.8 Å². The molecule has 0 bridgehead atoms. The predicted molar refractivity (Wildman–Crippen MR) is 91.7 cm³/mol. The number of piperazine rings is 1. The molecule has 2 fully saturated rings. The molecule has 2 atom stereocenters. The molecule has 7 heteroatoms. The minimum atomic E-state index is -0.685. The smallest absolute Gasteiger partial charge is 0.303 e. The summed E-state index contributed by atoms with van der Waals surface area (Å²) in [6.45, 7) is 7.26. The molecule has 2 aliphatic rings. The molecule has 24 heavy (non-hydrogen) atoms. The molecule has 3 heterocycles. The Balaban J connectivity index is 1.61. The molecule has 0 unspecified atom stereocenters. The topological polar surface area (TPSA) is 75.7 Å². The first-order valence-electron chi connectivity index (χ1n) is 8.97. The fourth-order valence-corrected chi connectivity index (χ4v) is 4.06. The zero-order valence-corrected chi connectivity index (χ0v) is 14.5. The van der Waals surface area contributed by atoms with Crippen molar-refractivity contribution in [3.63, 3.8) is 0 Å². The van der Waals surface area contributed by atoms with E-state index in [2.05, 4.69) is 31.7 Å². The summed E-state index contributed by atoms with van der Waals surface area (Å²) in [5.41, 5.74) is 0. The maximum absolute atomic E-state index is 11.1. The van der Waals surface area contributed by atoms with E-state index in [1.807, 2.05) is 6.20 Å². The number of likely N-dealkylation sites (tertiary alicyclic amines) is 1. The minimum absolute atomic E-state index is 0.267. The van der Waals surface area contributed by atoms with E-state index >= 15 is 0 Å². The standard InChI is InChI=1S/C17H29N5O2/c1-20-8-10-22(11-9-20)15-4-7-21(13-16-18-5-6-19-16)12-14(15)2-3-17(23)24/h5-6,14-15H,2-4,7-13H2,1H3,(H,18,19)(H,23,24)/t14-,15+/m0/s1. The molecule has 1 aromatic heterocycles. The normalized spacial score (nSPS) is 27.4. The van der Waals surface area contributed by atoms with Gasteiger partial charge in [0.2, 0.25) is 0 Å². The van der Waals surface area contributed by atoms with Gasteiger partial charge in [-0.05, 0) is 25.8 Å². The molecule has 2 saturated heterocycles. The largest absolute Gasteiger partial charge is 0.481 e. The number of H-pyrrole nitrogens is 1. The number of piperidine rings is 1. The van der Waals surface area contributed by atoms with Crippen LogP contribution in [-0.2, 0) is 11.3 Å². The quantitative estimate of drug-likeness (QED) is 0.798. The van der Waals surface area contributed by atoms with Crippen LogP contribution in [0.2, 0.25) is 0 Å². The monoisotopic (exact) mass is 335 g/mol. The zero-order chi connectivity index (χ0) is 16.9. The van der Waals surface area contributed by atoms with Gasteiger partial charge in [-0.2, -0.15) is 0 Å². The Morgan fingerprint density at radius 2 is 2.12 bits per heavy atom. The molecule has 0 amide bonds. The first kappa shape index (κ1) is 17.4. The Hall–Kier alpha value is -1.44. The van der Waals surface area contributed by atoms with Crippen LogP contribution < -0.4 is 0 Å². The van der Waals surface area contributed by atoms with Crippen LogP contribution in [0.3, 0.4) is 0 Å². The summed E-state index contributed by atoms with van der Waals surface area (Å²) < 4.78 is 0. The predicted octanol–water partition coefficient (Wildman–Crippen LogP) is 0.712. The summed E-state index contributed by atoms with van der Waals surface area (Å²) in [5, 5.41) is 9.10. The number of imidazole rings is 1. The van der Waals surface area contributed by atoms with Gasteiger partial charge in [0.1, 0.15) is 5.82 Å². The van der Waals surface area contributed by atoms with Crippen LogP contribution in [-0.4, -0.2) is 88.1 Å². The number of hydrogen-bond acceptors (Lipinski definition) is 5. The van der Waals surface area contributed by atoms with Crippen LogP contribution >= 0.6 is 0 Å². The number of aromatic nitrogens is 2. The average molecular weight is 335 g/mol. The summed E-state index contributed by atoms with van der Waals surface area (Å²) in [5.74, 6) is 0.730. The summed E-state index contributed by atoms with van der Waals surface area (Å²) >= 11 is 0. The zero-order valence-electron chi connectivity index (χ0n) is 14.5. The van der Waals surface area contributed by atoms with Crippen molar-refractivity contribution in [2.24, 2.45) is 5.92 Å². The number of aromatic amines is 1. The molecule has 0 saturated carbocycles. The first-order chi connectivity index (χ1) is 11.6. The van der Waals surface area contributed by atoms with E-state index in [-0.39, 0.29) is 6.42 Å². The number of carboxylic acids is 1. The number of hydrogen-bond donors (Lipinski definition) is 2. The second kappa shape index (κ2) is 8.09. The highest BCUT2D eigenvalue weighted by molar-refractivity contribution is 5.66. The van der Waals surface area contributed by atoms with E-state index in [9.17, 15) is 4.79 Å². The lowest BCUT2D eigenvalue weighted by Gasteiger charge is -2.46. The number of nitrogens with one attached hydrogen (secondary N) is 1. The lowest BCUT2D eigenvalue weighted by molar-refractivity contribution is -0.137. The highest BCUT2D eigenvalue weighted by Crippen LogP contribution is 2.27. The van der Waals surface area contributed by atoms with Crippen molar-refractivity contribution < 1.29 is 9.90 Å². The fourth-order valence-electron chi connectivity index (χ4n) is 4.06. The second-order valence-corrected chi connectivity index (χ2v) is 7.16. The average Bonchev–Trinajstić information content (AvgIpc) is 3.07. The summed E-state index contributed by atoms with van der Waals surface area (Å²) in [6.07, 6.45) is 5.79. The maximum Gasteiger partial charge on any atom is 0.303 e. The second-order valence-electron chi connectivity index (χ2n) is 7.16. The summed E-state index contributed by atoms with van der Waals surface area (Å²) in [4.78, 5) is 25.9. The van der Waals surface area contributed by atoms with Crippen LogP contribution in [0.1, 0.15) is 25.1 Å². The summed E-state index contributed by atoms with van der Waals surface area (Å²) in [6, 6.07) is 0.519. The molecule has 0 spiro atoms. The van der Waals surface area contributed by atoms with Crippen LogP contribution in [0.5, 0.6) is 0 Å². The van der Waals surface area contributed by atoms with Crippen LogP contribution in [0.15, 0.2) is 12.4 Å². The maximum atomic E-state index is 11.1. The molecule has 3 rings (SSSR count). The molecule has 2 N–H and O–H groups in total. The van der Waals surface area contributed by atoms with Gasteiger partial charge < -0.3 is 15.0 Å². The van der Waals surface area contributed by atoms with E-state index in [4.69, 9.17) is 5.11 Å². The number of aliphatic carboxylic acids is 1. The molecule has 0 radical (unpaired) electrons. The van der Waals surface area contributed by atoms with Gasteiger partial charge in [-0.3, -0.25) is 14.6 Å². The van der Waals surface area contributed by atoms with Crippen molar-refractivity contribution in [1.82, 2.24) is 24.7 Å². The molecular formula is C17H29N5O2. The first-order valence-corrected chi connectivity index (χ1v) is 8.97. The van der Waals surface area contributed by atoms with Gasteiger partial charge in [0.25, 0.3) is 0 Å². The molecular weight excluding hydrogens is 306 g/mol. The van der Waals surface area contributed by atoms with E-state index in [0.717, 1.165) is 64.5 Å². The van der Waals surface area contributed by atoms with Gasteiger partial charge in [-0.25, -0.2) is 4.98 Å². The lowest BCUT2D eigenvalue weighted by atomic mass is 9.86. The van der Waals surface area contributed by atoms with Crippen molar-refractivity contribution in [3.05, 3.63) is 18.2 Å². The van der Waals surface area contributed by atoms with Crippen LogP contribution in [0.4, 0.5) is 0 Å². The molecule has 2 aliphatic heterocycles. The van der Waals surface area contributed by atoms with Crippen molar-refractivity contribution >= 4 is 5.97 Å². The van der Waals surface area contributed by atoms with Crippen molar-refractivity contribution in [1.29, 1.82) is 0 Å². The van der Waals surface area contributed by atoms with Gasteiger partial charge in [-0.15, -0.1) is 0 Å². The van der Waals surface area contributed by atoms with E-state index < -0.39 is 5.97 Å². The number of carboxylic acid groups (broad SMARTS) is 1. The Kier molecular flexibility index (Phi) is 5.86. The van der Waals surface area contributed by atoms with Gasteiger partial charge in [0.15, 0.2) is 0 Å². The Labute approximate surface area is 143 Å². The van der Waals surface area contributed by atoms with Gasteiger partial charge in [0, 0.05) is 64.1 Å². The van der Waals surface area contributed by atoms with Crippen LogP contribution in [0.25, 0.3) is 0 Å². The van der Waals surface area contributed by atoms with Crippen molar-refractivity contribution in [3.8, 4) is 0 Å². The lowest BCUT2D eigenvalue weighted by Crippen LogP contribution is -2.56. The molecule has 134 valence electrons. The Bertz CT molecular complexity index is 513. The van der Waals surface area contributed by atoms with E-state index in [1.165, 1.54) is 0 Å². The van der Waals surface area contributed by atoms with Gasteiger partial charge in [-0.1, -0.05) is 0 Å². The highest BCUT2D eigenvalue weighted by atomic mass is 16.4. The Morgan fingerprint density at radius 1 is 1.33 bits per heavy atom. The number of rotatable bonds is 6. The third-order valence-corrected chi connectivity index (χ3v) is 5.44. The molecule has 7 nitrogen and oxygen atoms in total.